The third-order valence-electron chi connectivity index (χ3n) is 7.33. The van der Waals surface area contributed by atoms with Crippen molar-refractivity contribution in [1.29, 1.82) is 0 Å². The van der Waals surface area contributed by atoms with Gasteiger partial charge in [0, 0.05) is 17.6 Å². The Balaban J connectivity index is 1.70. The Morgan fingerprint density at radius 1 is 0.951 bits per heavy atom. The molecular formula is C31H35ClFN3O4S. The summed E-state index contributed by atoms with van der Waals surface area (Å²) in [5.74, 6) is -1.70. The van der Waals surface area contributed by atoms with Gasteiger partial charge in [-0.2, -0.15) is 0 Å². The smallest absolute Gasteiger partial charge is 0.264 e. The van der Waals surface area contributed by atoms with E-state index >= 15 is 4.39 Å². The molecule has 0 aromatic heterocycles. The number of anilines is 1. The zero-order valence-corrected chi connectivity index (χ0v) is 24.6. The number of rotatable bonds is 11. The SMILES string of the molecule is CC[C@@H](C(=O)NC1CCCCC1)N(Cc1ccc(Cl)cc1)C(=O)CN(c1ccccc1F)S(=O)(=O)c1ccccc1. The quantitative estimate of drug-likeness (QED) is 0.296. The number of hydrogen-bond donors (Lipinski definition) is 1. The summed E-state index contributed by atoms with van der Waals surface area (Å²) in [5.41, 5.74) is 0.464. The molecule has 0 bridgehead atoms. The number of benzene rings is 3. The van der Waals surface area contributed by atoms with Crippen molar-refractivity contribution >= 4 is 39.1 Å². The van der Waals surface area contributed by atoms with E-state index in [2.05, 4.69) is 5.32 Å². The first-order valence-corrected chi connectivity index (χ1v) is 15.7. The van der Waals surface area contributed by atoms with Gasteiger partial charge in [-0.05, 0) is 61.2 Å². The van der Waals surface area contributed by atoms with E-state index < -0.39 is 34.3 Å². The van der Waals surface area contributed by atoms with Gasteiger partial charge in [0.1, 0.15) is 18.4 Å². The molecule has 1 saturated carbocycles. The van der Waals surface area contributed by atoms with Crippen LogP contribution in [0, 0.1) is 5.82 Å². The van der Waals surface area contributed by atoms with Crippen molar-refractivity contribution in [3.63, 3.8) is 0 Å². The molecule has 0 aliphatic heterocycles. The molecule has 3 aromatic carbocycles. The van der Waals surface area contributed by atoms with Gasteiger partial charge in [0.25, 0.3) is 10.0 Å². The Morgan fingerprint density at radius 2 is 1.59 bits per heavy atom. The van der Waals surface area contributed by atoms with E-state index in [1.54, 1.807) is 42.5 Å². The van der Waals surface area contributed by atoms with Crippen LogP contribution in [-0.2, 0) is 26.2 Å². The maximum Gasteiger partial charge on any atom is 0.264 e. The minimum absolute atomic E-state index is 0.0335. The Hall–Kier alpha value is -3.43. The van der Waals surface area contributed by atoms with Crippen LogP contribution in [0.2, 0.25) is 5.02 Å². The fourth-order valence-electron chi connectivity index (χ4n) is 5.14. The highest BCUT2D eigenvalue weighted by atomic mass is 35.5. The number of amides is 2. The highest BCUT2D eigenvalue weighted by molar-refractivity contribution is 7.92. The number of nitrogens with one attached hydrogen (secondary N) is 1. The topological polar surface area (TPSA) is 86.8 Å². The molecule has 0 radical (unpaired) electrons. The first-order valence-electron chi connectivity index (χ1n) is 13.9. The first-order chi connectivity index (χ1) is 19.7. The highest BCUT2D eigenvalue weighted by Gasteiger charge is 2.35. The lowest BCUT2D eigenvalue weighted by molar-refractivity contribution is -0.140. The van der Waals surface area contributed by atoms with Gasteiger partial charge in [-0.3, -0.25) is 13.9 Å². The van der Waals surface area contributed by atoms with Gasteiger partial charge in [0.2, 0.25) is 11.8 Å². The molecule has 1 N–H and O–H groups in total. The molecule has 0 unspecified atom stereocenters. The lowest BCUT2D eigenvalue weighted by atomic mass is 9.95. The lowest BCUT2D eigenvalue weighted by Gasteiger charge is -2.34. The number of carbonyl (C=O) groups is 2. The Bertz CT molecular complexity index is 1430. The predicted octanol–water partition coefficient (Wildman–Crippen LogP) is 5.93. The average molecular weight is 600 g/mol. The zero-order valence-electron chi connectivity index (χ0n) is 23.0. The number of halogens is 2. The van der Waals surface area contributed by atoms with Gasteiger partial charge >= 0.3 is 0 Å². The monoisotopic (exact) mass is 599 g/mol. The van der Waals surface area contributed by atoms with E-state index in [-0.39, 0.29) is 29.1 Å². The van der Waals surface area contributed by atoms with Crippen LogP contribution in [0.5, 0.6) is 0 Å². The van der Waals surface area contributed by atoms with Gasteiger partial charge in [0.15, 0.2) is 0 Å². The van der Waals surface area contributed by atoms with Crippen LogP contribution in [0.25, 0.3) is 0 Å². The van der Waals surface area contributed by atoms with Gasteiger partial charge in [-0.15, -0.1) is 0 Å². The molecule has 218 valence electrons. The summed E-state index contributed by atoms with van der Waals surface area (Å²) in [4.78, 5) is 28.9. The third kappa shape index (κ3) is 7.65. The predicted molar refractivity (Wildman–Crippen MR) is 158 cm³/mol. The van der Waals surface area contributed by atoms with Crippen molar-refractivity contribution in [2.24, 2.45) is 0 Å². The third-order valence-corrected chi connectivity index (χ3v) is 9.36. The summed E-state index contributed by atoms with van der Waals surface area (Å²) < 4.78 is 43.3. The Morgan fingerprint density at radius 3 is 2.22 bits per heavy atom. The van der Waals surface area contributed by atoms with Gasteiger partial charge < -0.3 is 10.2 Å². The zero-order chi connectivity index (χ0) is 29.4. The van der Waals surface area contributed by atoms with E-state index in [0.717, 1.165) is 48.0 Å². The maximum absolute atomic E-state index is 15.0. The molecule has 41 heavy (non-hydrogen) atoms. The van der Waals surface area contributed by atoms with Gasteiger partial charge in [-0.1, -0.05) is 80.3 Å². The summed E-state index contributed by atoms with van der Waals surface area (Å²) in [6.07, 6.45) is 5.26. The van der Waals surface area contributed by atoms with E-state index in [1.165, 1.54) is 35.2 Å². The number of para-hydroxylation sites is 1. The van der Waals surface area contributed by atoms with E-state index in [0.29, 0.717) is 11.4 Å². The first kappa shape index (κ1) is 30.5. The molecule has 3 aromatic rings. The van der Waals surface area contributed by atoms with Crippen molar-refractivity contribution in [2.75, 3.05) is 10.8 Å². The molecule has 0 saturated heterocycles. The van der Waals surface area contributed by atoms with E-state index in [4.69, 9.17) is 11.6 Å². The van der Waals surface area contributed by atoms with Gasteiger partial charge in [-0.25, -0.2) is 12.8 Å². The van der Waals surface area contributed by atoms with E-state index in [9.17, 15) is 18.0 Å². The summed E-state index contributed by atoms with van der Waals surface area (Å²) in [6.45, 7) is 1.16. The molecule has 1 atom stereocenters. The van der Waals surface area contributed by atoms with Crippen LogP contribution in [0.15, 0.2) is 83.8 Å². The fourth-order valence-corrected chi connectivity index (χ4v) is 6.71. The number of hydrogen-bond acceptors (Lipinski definition) is 4. The number of sulfonamides is 1. The van der Waals surface area contributed by atoms with Crippen molar-refractivity contribution in [1.82, 2.24) is 10.2 Å². The lowest BCUT2D eigenvalue weighted by Crippen LogP contribution is -2.54. The van der Waals surface area contributed by atoms with Crippen molar-refractivity contribution in [3.8, 4) is 0 Å². The van der Waals surface area contributed by atoms with Crippen LogP contribution in [0.1, 0.15) is 51.0 Å². The van der Waals surface area contributed by atoms with Crippen molar-refractivity contribution in [3.05, 3.63) is 95.3 Å². The maximum atomic E-state index is 15.0. The van der Waals surface area contributed by atoms with Crippen LogP contribution >= 0.6 is 11.6 Å². The van der Waals surface area contributed by atoms with Crippen LogP contribution < -0.4 is 9.62 Å². The molecule has 10 heteroatoms. The molecule has 1 aliphatic rings. The van der Waals surface area contributed by atoms with Crippen LogP contribution in [0.4, 0.5) is 10.1 Å². The minimum Gasteiger partial charge on any atom is -0.352 e. The summed E-state index contributed by atoms with van der Waals surface area (Å²) >= 11 is 6.07. The molecule has 0 spiro atoms. The second-order valence-corrected chi connectivity index (χ2v) is 12.5. The summed E-state index contributed by atoms with van der Waals surface area (Å²) in [5, 5.41) is 3.63. The Kier molecular flexibility index (Phi) is 10.4. The molecule has 1 aliphatic carbocycles. The molecule has 0 heterocycles. The molecule has 1 fully saturated rings. The molecule has 4 rings (SSSR count). The summed E-state index contributed by atoms with van der Waals surface area (Å²) in [6, 6.07) is 19.1. The van der Waals surface area contributed by atoms with Gasteiger partial charge in [0.05, 0.1) is 10.6 Å². The van der Waals surface area contributed by atoms with Crippen LogP contribution in [0.3, 0.4) is 0 Å². The summed E-state index contributed by atoms with van der Waals surface area (Å²) in [7, 11) is -4.33. The Labute approximate surface area is 246 Å². The number of carbonyl (C=O) groups excluding carboxylic acids is 2. The van der Waals surface area contributed by atoms with Crippen LogP contribution in [-0.4, -0.2) is 43.8 Å². The molecule has 7 nitrogen and oxygen atoms in total. The normalized spacial score (nSPS) is 14.7. The highest BCUT2D eigenvalue weighted by Crippen LogP contribution is 2.27. The fraction of sp³-hybridized carbons (Fsp3) is 0.355. The van der Waals surface area contributed by atoms with Crippen molar-refractivity contribution in [2.45, 2.75) is 69.0 Å². The largest absolute Gasteiger partial charge is 0.352 e. The molecular weight excluding hydrogens is 565 g/mol. The van der Waals surface area contributed by atoms with Crippen molar-refractivity contribution < 1.29 is 22.4 Å². The standard InChI is InChI=1S/C31H35ClFN3O4S/c1-2-28(31(38)34-25-11-5-3-6-12-25)35(21-23-17-19-24(32)20-18-23)30(37)22-36(29-16-10-9-15-27(29)33)41(39,40)26-13-7-4-8-14-26/h4,7-10,13-20,25,28H,2-3,5-6,11-12,21-22H2,1H3,(H,34,38)/t28-/m0/s1. The number of nitrogens with zero attached hydrogens (tertiary/aromatic N) is 2. The average Bonchev–Trinajstić information content (AvgIpc) is 2.98. The molecule has 2 amide bonds. The van der Waals surface area contributed by atoms with E-state index in [1.807, 2.05) is 6.92 Å². The second-order valence-electron chi connectivity index (χ2n) is 10.2. The second kappa shape index (κ2) is 14.0. The minimum atomic E-state index is -4.33.